The van der Waals surface area contributed by atoms with E-state index < -0.39 is 18.0 Å². The summed E-state index contributed by atoms with van der Waals surface area (Å²) < 4.78 is 43.6. The fraction of sp³-hybridized carbons (Fsp3) is 0.400. The number of aromatic nitrogens is 4. The molecule has 0 radical (unpaired) electrons. The second-order valence-corrected chi connectivity index (χ2v) is 9.61. The van der Waals surface area contributed by atoms with Gasteiger partial charge in [0, 0.05) is 41.8 Å². The molecule has 5 rings (SSSR count). The van der Waals surface area contributed by atoms with Crippen LogP contribution in [0.4, 0.5) is 13.9 Å². The summed E-state index contributed by atoms with van der Waals surface area (Å²) >= 11 is 1.15. The fourth-order valence-electron chi connectivity index (χ4n) is 3.67. The van der Waals surface area contributed by atoms with Gasteiger partial charge in [0.25, 0.3) is 12.3 Å². The highest BCUT2D eigenvalue weighted by atomic mass is 32.1. The molecule has 1 aliphatic heterocycles. The first-order chi connectivity index (χ1) is 18.0. The van der Waals surface area contributed by atoms with Gasteiger partial charge >= 0.3 is 0 Å². The third-order valence-corrected chi connectivity index (χ3v) is 6.60. The number of carbonyl (C=O) groups excluding carboxylic acids is 1. The number of hydrogen-bond donors (Lipinski definition) is 1. The van der Waals surface area contributed by atoms with Crippen molar-refractivity contribution in [3.63, 3.8) is 0 Å². The van der Waals surface area contributed by atoms with Crippen LogP contribution in [0.3, 0.4) is 0 Å². The molecule has 2 fully saturated rings. The van der Waals surface area contributed by atoms with E-state index in [2.05, 4.69) is 37.3 Å². The number of nitrogens with zero attached hydrogens (tertiary/aromatic N) is 4. The summed E-state index contributed by atoms with van der Waals surface area (Å²) in [5.41, 5.74) is 0.210. The number of alkyl halides is 2. The summed E-state index contributed by atoms with van der Waals surface area (Å²) in [6.07, 6.45) is 2.78. The molecule has 4 heterocycles. The van der Waals surface area contributed by atoms with Crippen LogP contribution in [-0.4, -0.2) is 53.0 Å². The summed E-state index contributed by atoms with van der Waals surface area (Å²) in [6.45, 7) is 1.65. The second kappa shape index (κ2) is 11.1. The minimum atomic E-state index is -2.81. The van der Waals surface area contributed by atoms with E-state index in [-0.39, 0.29) is 33.8 Å². The molecule has 9 nitrogen and oxygen atoms in total. The quantitative estimate of drug-likeness (QED) is 0.431. The number of nitrogens with one attached hydrogen (secondary N) is 1. The summed E-state index contributed by atoms with van der Waals surface area (Å²) in [5.74, 6) is 6.61. The standard InChI is InChI=1S/C25H23F2N5O4S/c1-34-20-11-28-19(23(26)27)8-17(20)16-9-21(36-13-15-6-7-35-12-15)29-10-18(16)24(33)30-25-32-31-22(37-25)5-4-14-2-3-14/h8-11,14-15,23H,2-3,6-7,12-13H2,1H3,(H,30,32,33)/t15-/m0/s1. The van der Waals surface area contributed by atoms with Crippen molar-refractivity contribution in [1.82, 2.24) is 20.2 Å². The maximum Gasteiger partial charge on any atom is 0.280 e. The average molecular weight is 528 g/mol. The van der Waals surface area contributed by atoms with Gasteiger partial charge < -0.3 is 14.2 Å². The van der Waals surface area contributed by atoms with E-state index in [4.69, 9.17) is 14.2 Å². The Hall–Kier alpha value is -3.69. The Morgan fingerprint density at radius 2 is 2.08 bits per heavy atom. The zero-order valence-electron chi connectivity index (χ0n) is 19.9. The molecular formula is C25H23F2N5O4S. The molecular weight excluding hydrogens is 504 g/mol. The Morgan fingerprint density at radius 1 is 1.22 bits per heavy atom. The lowest BCUT2D eigenvalue weighted by Gasteiger charge is -2.16. The lowest BCUT2D eigenvalue weighted by atomic mass is 10.00. The van der Waals surface area contributed by atoms with Crippen LogP contribution in [0.25, 0.3) is 11.1 Å². The lowest BCUT2D eigenvalue weighted by molar-refractivity contribution is 0.102. The van der Waals surface area contributed by atoms with Crippen molar-refractivity contribution in [3.8, 4) is 34.6 Å². The molecule has 0 unspecified atom stereocenters. The molecule has 1 saturated carbocycles. The Labute approximate surface area is 215 Å². The molecule has 0 bridgehead atoms. The number of methoxy groups -OCH3 is 1. The Bertz CT molecular complexity index is 1350. The van der Waals surface area contributed by atoms with Gasteiger partial charge in [-0.15, -0.1) is 10.2 Å². The van der Waals surface area contributed by atoms with Crippen LogP contribution in [0, 0.1) is 23.7 Å². The maximum absolute atomic E-state index is 13.5. The molecule has 3 aromatic heterocycles. The van der Waals surface area contributed by atoms with Crippen molar-refractivity contribution < 1.29 is 27.8 Å². The number of rotatable bonds is 8. The van der Waals surface area contributed by atoms with E-state index >= 15 is 0 Å². The topological polar surface area (TPSA) is 108 Å². The lowest BCUT2D eigenvalue weighted by Crippen LogP contribution is -2.15. The van der Waals surface area contributed by atoms with Crippen LogP contribution in [-0.2, 0) is 4.74 Å². The normalized spacial score (nSPS) is 16.8. The highest BCUT2D eigenvalue weighted by Crippen LogP contribution is 2.36. The third kappa shape index (κ3) is 6.18. The van der Waals surface area contributed by atoms with Gasteiger partial charge in [0.05, 0.1) is 32.1 Å². The van der Waals surface area contributed by atoms with Crippen molar-refractivity contribution in [1.29, 1.82) is 0 Å². The summed E-state index contributed by atoms with van der Waals surface area (Å²) in [6, 6.07) is 2.73. The van der Waals surface area contributed by atoms with Gasteiger partial charge in [0.1, 0.15) is 11.4 Å². The van der Waals surface area contributed by atoms with Crippen molar-refractivity contribution in [2.75, 3.05) is 32.2 Å². The molecule has 37 heavy (non-hydrogen) atoms. The summed E-state index contributed by atoms with van der Waals surface area (Å²) in [7, 11) is 1.40. The Balaban J connectivity index is 1.46. The molecule has 1 saturated heterocycles. The smallest absolute Gasteiger partial charge is 0.280 e. The first kappa shape index (κ1) is 25.0. The monoisotopic (exact) mass is 527 g/mol. The zero-order valence-corrected chi connectivity index (χ0v) is 20.7. The molecule has 192 valence electrons. The number of carbonyl (C=O) groups is 1. The van der Waals surface area contributed by atoms with Crippen molar-refractivity contribution in [3.05, 3.63) is 40.8 Å². The van der Waals surface area contributed by atoms with Crippen molar-refractivity contribution >= 4 is 22.4 Å². The number of ether oxygens (including phenoxy) is 3. The van der Waals surface area contributed by atoms with Gasteiger partial charge in [-0.3, -0.25) is 15.1 Å². The maximum atomic E-state index is 13.5. The Kier molecular flexibility index (Phi) is 7.52. The van der Waals surface area contributed by atoms with Crippen molar-refractivity contribution in [2.45, 2.75) is 25.7 Å². The predicted molar refractivity (Wildman–Crippen MR) is 131 cm³/mol. The first-order valence-corrected chi connectivity index (χ1v) is 12.5. The van der Waals surface area contributed by atoms with Crippen LogP contribution in [0.15, 0.2) is 24.5 Å². The molecule has 2 aliphatic rings. The highest BCUT2D eigenvalue weighted by Gasteiger charge is 2.23. The van der Waals surface area contributed by atoms with E-state index in [1.807, 2.05) is 0 Å². The van der Waals surface area contributed by atoms with Crippen LogP contribution < -0.4 is 14.8 Å². The van der Waals surface area contributed by atoms with Crippen LogP contribution in [0.5, 0.6) is 11.6 Å². The molecule has 1 N–H and O–H groups in total. The van der Waals surface area contributed by atoms with Gasteiger partial charge in [-0.05, 0) is 31.2 Å². The van der Waals surface area contributed by atoms with Gasteiger partial charge in [0.2, 0.25) is 11.0 Å². The number of halogens is 2. The molecule has 12 heteroatoms. The minimum Gasteiger partial charge on any atom is -0.494 e. The van der Waals surface area contributed by atoms with Crippen LogP contribution in [0.2, 0.25) is 0 Å². The van der Waals surface area contributed by atoms with Gasteiger partial charge in [-0.1, -0.05) is 17.3 Å². The Morgan fingerprint density at radius 3 is 2.81 bits per heavy atom. The van der Waals surface area contributed by atoms with E-state index in [1.54, 1.807) is 0 Å². The fourth-order valence-corrected chi connectivity index (χ4v) is 4.27. The number of pyridine rings is 2. The zero-order chi connectivity index (χ0) is 25.8. The minimum absolute atomic E-state index is 0.113. The van der Waals surface area contributed by atoms with E-state index in [0.717, 1.165) is 30.6 Å². The number of amides is 1. The van der Waals surface area contributed by atoms with Gasteiger partial charge in [-0.25, -0.2) is 13.8 Å². The number of anilines is 1. The molecule has 0 aromatic carbocycles. The van der Waals surface area contributed by atoms with E-state index in [0.29, 0.717) is 36.3 Å². The van der Waals surface area contributed by atoms with Gasteiger partial charge in [0.15, 0.2) is 5.01 Å². The van der Waals surface area contributed by atoms with E-state index in [9.17, 15) is 13.6 Å². The average Bonchev–Trinajstić information content (AvgIpc) is 3.38. The highest BCUT2D eigenvalue weighted by molar-refractivity contribution is 7.15. The largest absolute Gasteiger partial charge is 0.494 e. The summed E-state index contributed by atoms with van der Waals surface area (Å²) in [5, 5.41) is 11.4. The molecule has 1 amide bonds. The number of hydrogen-bond acceptors (Lipinski definition) is 9. The van der Waals surface area contributed by atoms with Crippen LogP contribution >= 0.6 is 11.3 Å². The van der Waals surface area contributed by atoms with Crippen LogP contribution in [0.1, 0.15) is 46.7 Å². The predicted octanol–water partition coefficient (Wildman–Crippen LogP) is 4.37. The summed E-state index contributed by atoms with van der Waals surface area (Å²) in [4.78, 5) is 21.3. The van der Waals surface area contributed by atoms with Gasteiger partial charge in [-0.2, -0.15) is 0 Å². The third-order valence-electron chi connectivity index (χ3n) is 5.84. The molecule has 1 aliphatic carbocycles. The first-order valence-electron chi connectivity index (χ1n) is 11.7. The molecule has 0 spiro atoms. The van der Waals surface area contributed by atoms with E-state index in [1.165, 1.54) is 31.6 Å². The van der Waals surface area contributed by atoms with Crippen molar-refractivity contribution in [2.24, 2.45) is 11.8 Å². The second-order valence-electron chi connectivity index (χ2n) is 8.63. The SMILES string of the molecule is COc1cnc(C(F)F)cc1-c1cc(OC[C@H]2CCOC2)ncc1C(=O)Nc1nnc(C#CC2CC2)s1. The molecule has 1 atom stereocenters. The molecule has 3 aromatic rings.